The minimum absolute atomic E-state index is 0.0301. The normalized spacial score (nSPS) is 13.7. The number of hydrogen-bond acceptors (Lipinski definition) is 17. The van der Waals surface area contributed by atoms with Crippen molar-refractivity contribution in [3.8, 4) is 45.5 Å². The molecule has 0 spiro atoms. The molecule has 398 valence electrons. The van der Waals surface area contributed by atoms with E-state index >= 15 is 0 Å². The summed E-state index contributed by atoms with van der Waals surface area (Å²) < 4.78 is 19.0. The average molecular weight is 1060 g/mol. The molecule has 1 saturated heterocycles. The highest BCUT2D eigenvalue weighted by atomic mass is 16.5. The van der Waals surface area contributed by atoms with Gasteiger partial charge in [0.25, 0.3) is 0 Å². The Morgan fingerprint density at radius 2 is 1.20 bits per heavy atom. The van der Waals surface area contributed by atoms with Gasteiger partial charge in [0.15, 0.2) is 5.65 Å². The van der Waals surface area contributed by atoms with E-state index in [1.807, 2.05) is 78.0 Å². The second-order valence-electron chi connectivity index (χ2n) is 19.6. The van der Waals surface area contributed by atoms with E-state index in [-0.39, 0.29) is 17.7 Å². The Hall–Kier alpha value is -9.94. The third-order valence-electron chi connectivity index (χ3n) is 14.6. The van der Waals surface area contributed by atoms with Crippen molar-refractivity contribution < 1.29 is 24.4 Å². The Labute approximate surface area is 460 Å². The van der Waals surface area contributed by atoms with E-state index in [1.165, 1.54) is 29.3 Å². The quantitative estimate of drug-likeness (QED) is 0.0842. The van der Waals surface area contributed by atoms with Gasteiger partial charge in [-0.05, 0) is 103 Å². The van der Waals surface area contributed by atoms with Crippen molar-refractivity contribution in [1.29, 1.82) is 0 Å². The first-order chi connectivity index (χ1) is 39.2. The fraction of sp³-hybridized carbons (Fsp3) is 0.194. The first-order valence-corrected chi connectivity index (χ1v) is 26.3. The van der Waals surface area contributed by atoms with Crippen molar-refractivity contribution in [2.24, 2.45) is 4.99 Å². The van der Waals surface area contributed by atoms with Crippen LogP contribution in [-0.4, -0.2) is 86.7 Å². The Balaban J connectivity index is 0.000000162. The number of methoxy groups -OCH3 is 2. The zero-order chi connectivity index (χ0) is 54.7. The van der Waals surface area contributed by atoms with Gasteiger partial charge in [0.1, 0.15) is 76.1 Å². The second kappa shape index (κ2) is 22.2. The summed E-state index contributed by atoms with van der Waals surface area (Å²) in [7, 11) is 3.28. The number of phenols is 2. The number of benzene rings is 4. The van der Waals surface area contributed by atoms with E-state index in [9.17, 15) is 10.2 Å². The van der Waals surface area contributed by atoms with Crippen LogP contribution in [0.3, 0.4) is 0 Å². The fourth-order valence-electron chi connectivity index (χ4n) is 10.6. The Morgan fingerprint density at radius 1 is 0.600 bits per heavy atom. The van der Waals surface area contributed by atoms with E-state index in [2.05, 4.69) is 84.7 Å². The molecular formula is C62H55N13O5. The van der Waals surface area contributed by atoms with Gasteiger partial charge in [-0.1, -0.05) is 24.3 Å². The third kappa shape index (κ3) is 10.2. The maximum absolute atomic E-state index is 9.86. The molecular weight excluding hydrogens is 1010 g/mol. The van der Waals surface area contributed by atoms with Gasteiger partial charge in [0.2, 0.25) is 0 Å². The molecule has 7 aromatic heterocycles. The van der Waals surface area contributed by atoms with Crippen LogP contribution in [0, 0.1) is 13.8 Å². The van der Waals surface area contributed by atoms with E-state index in [1.54, 1.807) is 39.3 Å². The number of aryl methyl sites for hydroxylation is 2. The summed E-state index contributed by atoms with van der Waals surface area (Å²) in [5, 5.41) is 30.5. The number of rotatable bonds is 13. The van der Waals surface area contributed by atoms with Gasteiger partial charge < -0.3 is 35.1 Å². The van der Waals surface area contributed by atoms with Crippen LogP contribution in [0.4, 0.5) is 28.7 Å². The van der Waals surface area contributed by atoms with Gasteiger partial charge in [-0.25, -0.2) is 34.9 Å². The maximum Gasteiger partial charge on any atom is 0.165 e. The predicted octanol–water partition coefficient (Wildman–Crippen LogP) is 12.2. The van der Waals surface area contributed by atoms with Gasteiger partial charge in [0.05, 0.1) is 37.6 Å². The maximum atomic E-state index is 9.86. The van der Waals surface area contributed by atoms with Crippen molar-refractivity contribution in [2.75, 3.05) is 31.5 Å². The number of aromatic nitrogens is 10. The van der Waals surface area contributed by atoms with Crippen molar-refractivity contribution in [1.82, 2.24) is 49.4 Å². The number of nitrogens with one attached hydrogen (secondary N) is 2. The minimum Gasteiger partial charge on any atom is -0.508 e. The highest BCUT2D eigenvalue weighted by Gasteiger charge is 2.24. The number of aromatic hydroxyl groups is 2. The van der Waals surface area contributed by atoms with Crippen molar-refractivity contribution in [3.05, 3.63) is 180 Å². The van der Waals surface area contributed by atoms with Crippen molar-refractivity contribution >= 4 is 67.6 Å². The lowest BCUT2D eigenvalue weighted by atomic mass is 9.94. The largest absolute Gasteiger partial charge is 0.508 e. The SMILES string of the molecule is COc1cc(Nc2nccc3c(Cc4ncccc4-c4ncnc5c4ncn5C4CCCCO4)c(C)ccc23)cc(OC)c1.Cc1ccc2c(Nc3cc(O)cc(O)c3)nccc2c1Cc1ncccc1-c1ncnc2c1N=CC2. The number of nitrogens with zero attached hydrogens (tertiary/aromatic N) is 11. The molecule has 0 saturated carbocycles. The van der Waals surface area contributed by atoms with Crippen LogP contribution in [0.5, 0.6) is 23.0 Å². The first kappa shape index (κ1) is 50.9. The zero-order valence-electron chi connectivity index (χ0n) is 44.4. The van der Waals surface area contributed by atoms with Crippen LogP contribution in [0.25, 0.3) is 55.2 Å². The molecule has 9 heterocycles. The lowest BCUT2D eigenvalue weighted by Crippen LogP contribution is -2.17. The molecule has 0 amide bonds. The highest BCUT2D eigenvalue weighted by Crippen LogP contribution is 2.39. The Kier molecular flexibility index (Phi) is 14.1. The smallest absolute Gasteiger partial charge is 0.165 e. The molecule has 1 fully saturated rings. The van der Waals surface area contributed by atoms with Crippen LogP contribution in [-0.2, 0) is 24.0 Å². The van der Waals surface area contributed by atoms with Crippen LogP contribution in [0.1, 0.15) is 64.8 Å². The topological polar surface area (TPSA) is 226 Å². The lowest BCUT2D eigenvalue weighted by Gasteiger charge is -2.23. The number of aliphatic imine (C=N–C) groups is 1. The fourth-order valence-corrected chi connectivity index (χ4v) is 10.6. The lowest BCUT2D eigenvalue weighted by molar-refractivity contribution is -0.0298. The van der Waals surface area contributed by atoms with Crippen LogP contribution >= 0.6 is 0 Å². The number of phenolic OH excluding ortho intramolecular Hbond substituents is 2. The summed E-state index contributed by atoms with van der Waals surface area (Å²) in [5.41, 5.74) is 14.5. The molecule has 2 aliphatic heterocycles. The van der Waals surface area contributed by atoms with Gasteiger partial charge in [-0.15, -0.1) is 0 Å². The standard InChI is InChI=1S/C34H33N7O3.C28H22N6O2/c1-21-9-10-26-25(11-13-36-33(26)40-22-15-23(42-2)17-24(16-22)43-3)28(21)18-29-27(7-6-12-35-29)31-32-34(38-19-37-31)41(20-39-32)30-8-4-5-14-44-30;1-16-4-5-21-20(6-9-31-28(21)34-17-11-18(35)13-19(36)12-17)23(16)14-25-22(3-2-8-29-25)26-27-24(7-10-30-27)32-15-33-26/h6-7,9-13,15-17,19-20,30H,4-5,8,14,18H2,1-3H3,(H,36,40);2-6,8-13,15,35-36H,7,14H2,1H3,(H,31,34). The summed E-state index contributed by atoms with van der Waals surface area (Å²) in [6.07, 6.45) is 19.1. The summed E-state index contributed by atoms with van der Waals surface area (Å²) >= 11 is 0. The molecule has 1 unspecified atom stereocenters. The number of ether oxygens (including phenoxy) is 3. The highest BCUT2D eigenvalue weighted by molar-refractivity contribution is 5.98. The molecule has 13 rings (SSSR count). The zero-order valence-corrected chi connectivity index (χ0v) is 44.4. The third-order valence-corrected chi connectivity index (χ3v) is 14.6. The second-order valence-corrected chi connectivity index (χ2v) is 19.6. The molecule has 1 atom stereocenters. The molecule has 0 bridgehead atoms. The molecule has 11 aromatic rings. The molecule has 18 heteroatoms. The van der Waals surface area contributed by atoms with Gasteiger partial charge in [-0.2, -0.15) is 0 Å². The van der Waals surface area contributed by atoms with Crippen molar-refractivity contribution in [3.63, 3.8) is 0 Å². The number of pyridine rings is 4. The van der Waals surface area contributed by atoms with E-state index in [0.29, 0.717) is 42.3 Å². The van der Waals surface area contributed by atoms with Gasteiger partial charge >= 0.3 is 0 Å². The van der Waals surface area contributed by atoms with Gasteiger partial charge in [-0.3, -0.25) is 19.5 Å². The predicted molar refractivity (Wildman–Crippen MR) is 309 cm³/mol. The number of hydrogen-bond donors (Lipinski definition) is 4. The number of anilines is 4. The molecule has 4 aromatic carbocycles. The van der Waals surface area contributed by atoms with Gasteiger partial charge in [0, 0.05) is 127 Å². The average Bonchev–Trinajstić information content (AvgIpc) is 4.21. The number of imidazole rings is 1. The molecule has 80 heavy (non-hydrogen) atoms. The van der Waals surface area contributed by atoms with E-state index in [4.69, 9.17) is 34.1 Å². The van der Waals surface area contributed by atoms with Crippen LogP contribution in [0.15, 0.2) is 146 Å². The first-order valence-electron chi connectivity index (χ1n) is 26.3. The van der Waals surface area contributed by atoms with E-state index < -0.39 is 0 Å². The molecule has 4 N–H and O–H groups in total. The number of fused-ring (bicyclic) bond motifs is 4. The Morgan fingerprint density at radius 3 is 1.81 bits per heavy atom. The van der Waals surface area contributed by atoms with Crippen molar-refractivity contribution in [2.45, 2.75) is 58.6 Å². The summed E-state index contributed by atoms with van der Waals surface area (Å²) in [4.78, 5) is 46.3. The Bertz CT molecular complexity index is 4120. The molecule has 18 nitrogen and oxygen atoms in total. The summed E-state index contributed by atoms with van der Waals surface area (Å²) in [6.45, 7) is 4.97. The monoisotopic (exact) mass is 1060 g/mol. The van der Waals surface area contributed by atoms with Crippen LogP contribution in [0.2, 0.25) is 0 Å². The molecule has 0 radical (unpaired) electrons. The van der Waals surface area contributed by atoms with Crippen LogP contribution < -0.4 is 20.1 Å². The minimum atomic E-state index is -0.0577. The molecule has 2 aliphatic rings. The summed E-state index contributed by atoms with van der Waals surface area (Å²) in [6, 6.07) is 30.4. The molecule has 0 aliphatic carbocycles. The van der Waals surface area contributed by atoms with E-state index in [0.717, 1.165) is 126 Å². The summed E-state index contributed by atoms with van der Waals surface area (Å²) in [5.74, 6) is 2.70.